The summed E-state index contributed by atoms with van der Waals surface area (Å²) in [5.41, 5.74) is 4.14. The number of hydrogen-bond acceptors (Lipinski definition) is 2. The van der Waals surface area contributed by atoms with Gasteiger partial charge in [-0.05, 0) is 42.5 Å². The van der Waals surface area contributed by atoms with Crippen LogP contribution in [0.3, 0.4) is 0 Å². The number of carbonyl (C=O) groups excluding carboxylic acids is 1. The minimum Gasteiger partial charge on any atom is -0.497 e. The van der Waals surface area contributed by atoms with Gasteiger partial charge in [-0.1, -0.05) is 11.6 Å². The first kappa shape index (κ1) is 15.1. The van der Waals surface area contributed by atoms with E-state index in [0.717, 1.165) is 23.1 Å². The lowest BCUT2D eigenvalue weighted by Gasteiger charge is -2.27. The average Bonchev–Trinajstić information content (AvgIpc) is 2.98. The number of halogens is 1. The van der Waals surface area contributed by atoms with Gasteiger partial charge in [0, 0.05) is 52.3 Å². The molecule has 5 heteroatoms. The molecule has 1 N–H and O–H groups in total. The van der Waals surface area contributed by atoms with E-state index in [2.05, 4.69) is 4.98 Å². The molecule has 24 heavy (non-hydrogen) atoms. The number of H-pyrrole nitrogens is 1. The Balaban J connectivity index is 1.67. The van der Waals surface area contributed by atoms with Gasteiger partial charge in [0.1, 0.15) is 5.75 Å². The second-order valence-corrected chi connectivity index (χ2v) is 6.41. The Kier molecular flexibility index (Phi) is 3.69. The third-order valence-electron chi connectivity index (χ3n) is 4.56. The Labute approximate surface area is 145 Å². The van der Waals surface area contributed by atoms with Gasteiger partial charge in [0.25, 0.3) is 5.91 Å². The summed E-state index contributed by atoms with van der Waals surface area (Å²) in [6.45, 7) is 1.31. The molecule has 1 aromatic heterocycles. The SMILES string of the molecule is COc1ccc2[nH]c3c(c2c1)CN(C(=O)c1ccc(Cl)cc1)CC3. The molecule has 2 aromatic carbocycles. The molecule has 0 fully saturated rings. The monoisotopic (exact) mass is 340 g/mol. The lowest BCUT2D eigenvalue weighted by Crippen LogP contribution is -2.35. The summed E-state index contributed by atoms with van der Waals surface area (Å²) >= 11 is 5.91. The number of hydrogen-bond donors (Lipinski definition) is 1. The topological polar surface area (TPSA) is 45.3 Å². The molecule has 1 aliphatic heterocycles. The van der Waals surface area contributed by atoms with Gasteiger partial charge in [-0.25, -0.2) is 0 Å². The van der Waals surface area contributed by atoms with E-state index in [9.17, 15) is 4.79 Å². The normalized spacial score (nSPS) is 13.8. The maximum atomic E-state index is 12.7. The van der Waals surface area contributed by atoms with E-state index >= 15 is 0 Å². The standard InChI is InChI=1S/C19H17ClN2O2/c1-24-14-6-7-17-15(10-14)16-11-22(9-8-18(16)21-17)19(23)12-2-4-13(20)5-3-12/h2-7,10,21H,8-9,11H2,1H3. The smallest absolute Gasteiger partial charge is 0.254 e. The van der Waals surface area contributed by atoms with E-state index < -0.39 is 0 Å². The van der Waals surface area contributed by atoms with Crippen molar-refractivity contribution < 1.29 is 9.53 Å². The van der Waals surface area contributed by atoms with Crippen molar-refractivity contribution in [1.29, 1.82) is 0 Å². The van der Waals surface area contributed by atoms with E-state index in [1.807, 2.05) is 23.1 Å². The van der Waals surface area contributed by atoms with Gasteiger partial charge in [0.05, 0.1) is 7.11 Å². The lowest BCUT2D eigenvalue weighted by molar-refractivity contribution is 0.0735. The molecule has 1 amide bonds. The maximum Gasteiger partial charge on any atom is 0.254 e. The molecule has 0 saturated carbocycles. The highest BCUT2D eigenvalue weighted by Gasteiger charge is 2.25. The van der Waals surface area contributed by atoms with Crippen molar-refractivity contribution in [2.24, 2.45) is 0 Å². The van der Waals surface area contributed by atoms with Crippen LogP contribution in [-0.4, -0.2) is 29.4 Å². The summed E-state index contributed by atoms with van der Waals surface area (Å²) in [5.74, 6) is 0.861. The molecule has 0 unspecified atom stereocenters. The molecule has 4 rings (SSSR count). The number of carbonyl (C=O) groups is 1. The zero-order valence-corrected chi connectivity index (χ0v) is 14.1. The number of fused-ring (bicyclic) bond motifs is 3. The Morgan fingerprint density at radius 3 is 2.75 bits per heavy atom. The summed E-state index contributed by atoms with van der Waals surface area (Å²) in [6.07, 6.45) is 0.825. The summed E-state index contributed by atoms with van der Waals surface area (Å²) in [6, 6.07) is 13.1. The van der Waals surface area contributed by atoms with Crippen molar-refractivity contribution in [2.75, 3.05) is 13.7 Å². The van der Waals surface area contributed by atoms with Crippen LogP contribution in [-0.2, 0) is 13.0 Å². The second kappa shape index (κ2) is 5.87. The molecule has 0 radical (unpaired) electrons. The summed E-state index contributed by atoms with van der Waals surface area (Å²) < 4.78 is 5.33. The van der Waals surface area contributed by atoms with Crippen LogP contribution in [0.4, 0.5) is 0 Å². The number of aromatic nitrogens is 1. The van der Waals surface area contributed by atoms with E-state index in [4.69, 9.17) is 16.3 Å². The molecule has 3 aromatic rings. The van der Waals surface area contributed by atoms with E-state index in [1.165, 1.54) is 11.3 Å². The third kappa shape index (κ3) is 2.53. The maximum absolute atomic E-state index is 12.7. The number of nitrogens with one attached hydrogen (secondary N) is 1. The average molecular weight is 341 g/mol. The number of rotatable bonds is 2. The molecule has 0 bridgehead atoms. The zero-order valence-electron chi connectivity index (χ0n) is 13.3. The summed E-state index contributed by atoms with van der Waals surface area (Å²) in [7, 11) is 1.66. The molecule has 4 nitrogen and oxygen atoms in total. The van der Waals surface area contributed by atoms with Crippen molar-refractivity contribution >= 4 is 28.4 Å². The Bertz CT molecular complexity index is 915. The number of ether oxygens (including phenoxy) is 1. The number of methoxy groups -OCH3 is 1. The molecule has 122 valence electrons. The quantitative estimate of drug-likeness (QED) is 0.765. The Hall–Kier alpha value is -2.46. The van der Waals surface area contributed by atoms with Crippen molar-refractivity contribution in [2.45, 2.75) is 13.0 Å². The molecule has 2 heterocycles. The summed E-state index contributed by atoms with van der Waals surface area (Å²) in [5, 5.41) is 1.76. The predicted octanol–water partition coefficient (Wildman–Crippen LogP) is 4.03. The van der Waals surface area contributed by atoms with E-state index in [1.54, 1.807) is 31.4 Å². The van der Waals surface area contributed by atoms with Crippen LogP contribution in [0, 0.1) is 0 Å². The van der Waals surface area contributed by atoms with Crippen LogP contribution < -0.4 is 4.74 Å². The number of amides is 1. The molecule has 0 saturated heterocycles. The molecule has 0 spiro atoms. The Morgan fingerprint density at radius 1 is 1.21 bits per heavy atom. The highest BCUT2D eigenvalue weighted by Crippen LogP contribution is 2.31. The minimum absolute atomic E-state index is 0.0366. The lowest BCUT2D eigenvalue weighted by atomic mass is 10.0. The van der Waals surface area contributed by atoms with Gasteiger partial charge in [-0.2, -0.15) is 0 Å². The first-order valence-corrected chi connectivity index (χ1v) is 8.26. The van der Waals surface area contributed by atoms with Gasteiger partial charge in [-0.15, -0.1) is 0 Å². The predicted molar refractivity (Wildman–Crippen MR) is 94.7 cm³/mol. The molecule has 0 atom stereocenters. The fourth-order valence-electron chi connectivity index (χ4n) is 3.27. The van der Waals surface area contributed by atoms with Crippen LogP contribution in [0.2, 0.25) is 5.02 Å². The molecular formula is C19H17ClN2O2. The van der Waals surface area contributed by atoms with Gasteiger partial charge in [0.2, 0.25) is 0 Å². The summed E-state index contributed by atoms with van der Waals surface area (Å²) in [4.78, 5) is 18.1. The molecular weight excluding hydrogens is 324 g/mol. The van der Waals surface area contributed by atoms with Crippen LogP contribution in [0.25, 0.3) is 10.9 Å². The molecule has 0 aliphatic carbocycles. The zero-order chi connectivity index (χ0) is 16.7. The van der Waals surface area contributed by atoms with Crippen molar-refractivity contribution in [3.05, 3.63) is 64.3 Å². The number of benzene rings is 2. The van der Waals surface area contributed by atoms with Crippen molar-refractivity contribution in [3.8, 4) is 5.75 Å². The van der Waals surface area contributed by atoms with Crippen LogP contribution in [0.1, 0.15) is 21.6 Å². The first-order valence-electron chi connectivity index (χ1n) is 7.88. The molecule has 1 aliphatic rings. The highest BCUT2D eigenvalue weighted by atomic mass is 35.5. The van der Waals surface area contributed by atoms with Gasteiger partial charge in [0.15, 0.2) is 0 Å². The second-order valence-electron chi connectivity index (χ2n) is 5.98. The Morgan fingerprint density at radius 2 is 2.00 bits per heavy atom. The van der Waals surface area contributed by atoms with Crippen LogP contribution >= 0.6 is 11.6 Å². The third-order valence-corrected chi connectivity index (χ3v) is 4.81. The fourth-order valence-corrected chi connectivity index (χ4v) is 3.39. The van der Waals surface area contributed by atoms with Crippen molar-refractivity contribution in [3.63, 3.8) is 0 Å². The largest absolute Gasteiger partial charge is 0.497 e. The van der Waals surface area contributed by atoms with E-state index in [0.29, 0.717) is 23.7 Å². The fraction of sp³-hybridized carbons (Fsp3) is 0.211. The minimum atomic E-state index is 0.0366. The first-order chi connectivity index (χ1) is 11.7. The van der Waals surface area contributed by atoms with Crippen molar-refractivity contribution in [1.82, 2.24) is 9.88 Å². The van der Waals surface area contributed by atoms with Gasteiger partial charge in [-0.3, -0.25) is 4.79 Å². The van der Waals surface area contributed by atoms with E-state index in [-0.39, 0.29) is 5.91 Å². The van der Waals surface area contributed by atoms with Gasteiger partial charge < -0.3 is 14.6 Å². The van der Waals surface area contributed by atoms with Gasteiger partial charge >= 0.3 is 0 Å². The number of nitrogens with zero attached hydrogens (tertiary/aromatic N) is 1. The number of aromatic amines is 1. The van der Waals surface area contributed by atoms with Crippen LogP contribution in [0.5, 0.6) is 5.75 Å². The highest BCUT2D eigenvalue weighted by molar-refractivity contribution is 6.30. The van der Waals surface area contributed by atoms with Crippen LogP contribution in [0.15, 0.2) is 42.5 Å².